The fourth-order valence-corrected chi connectivity index (χ4v) is 3.00. The van der Waals surface area contributed by atoms with Crippen molar-refractivity contribution in [3.63, 3.8) is 0 Å². The van der Waals surface area contributed by atoms with Gasteiger partial charge in [-0.05, 0) is 20.8 Å². The van der Waals surface area contributed by atoms with Crippen LogP contribution in [0.15, 0.2) is 17.6 Å². The Morgan fingerprint density at radius 1 is 1.46 bits per heavy atom. The number of hydrogen-bond donors (Lipinski definition) is 2. The summed E-state index contributed by atoms with van der Waals surface area (Å²) < 4.78 is 41.6. The van der Waals surface area contributed by atoms with E-state index in [0.29, 0.717) is 17.0 Å². The van der Waals surface area contributed by atoms with E-state index in [1.807, 2.05) is 13.8 Å². The maximum Gasteiger partial charge on any atom is 0.424 e. The van der Waals surface area contributed by atoms with Crippen LogP contribution in [0.2, 0.25) is 0 Å². The van der Waals surface area contributed by atoms with Crippen LogP contribution in [0.3, 0.4) is 0 Å². The first-order valence-electron chi connectivity index (χ1n) is 7.09. The van der Waals surface area contributed by atoms with E-state index in [1.165, 1.54) is 29.2 Å². The number of nitrogens with zero attached hydrogens (tertiary/aromatic N) is 3. The van der Waals surface area contributed by atoms with Crippen molar-refractivity contribution in [2.45, 2.75) is 45.0 Å². The first-order chi connectivity index (χ1) is 11.0. The van der Waals surface area contributed by atoms with E-state index in [-0.39, 0.29) is 11.9 Å². The van der Waals surface area contributed by atoms with Gasteiger partial charge in [-0.2, -0.15) is 18.3 Å². The van der Waals surface area contributed by atoms with Crippen molar-refractivity contribution < 1.29 is 23.1 Å². The Labute approximate surface area is 140 Å². The molecule has 1 amide bonds. The molecule has 6 nitrogen and oxygen atoms in total. The third-order valence-electron chi connectivity index (χ3n) is 3.29. The minimum Gasteiger partial charge on any atom is -0.374 e. The summed E-state index contributed by atoms with van der Waals surface area (Å²) in [6.45, 7) is 5.14. The molecule has 0 aliphatic heterocycles. The molecule has 0 saturated carbocycles. The average Bonchev–Trinajstić information content (AvgIpc) is 3.06. The van der Waals surface area contributed by atoms with Gasteiger partial charge in [0, 0.05) is 23.2 Å². The Balaban J connectivity index is 2.24. The monoisotopic (exact) mass is 362 g/mol. The number of amides is 1. The number of halogens is 3. The summed E-state index contributed by atoms with van der Waals surface area (Å²) in [5.74, 6) is -0.722. The fourth-order valence-electron chi connectivity index (χ4n) is 2.09. The van der Waals surface area contributed by atoms with E-state index in [4.69, 9.17) is 0 Å². The van der Waals surface area contributed by atoms with E-state index in [2.05, 4.69) is 15.4 Å². The van der Waals surface area contributed by atoms with Gasteiger partial charge in [-0.15, -0.1) is 11.3 Å². The number of aromatic nitrogens is 3. The van der Waals surface area contributed by atoms with Gasteiger partial charge in [0.1, 0.15) is 10.8 Å². The third kappa shape index (κ3) is 3.59. The summed E-state index contributed by atoms with van der Waals surface area (Å²) in [5.41, 5.74) is -2.99. The molecule has 0 saturated heterocycles. The molecule has 1 unspecified atom stereocenters. The van der Waals surface area contributed by atoms with E-state index < -0.39 is 29.1 Å². The van der Waals surface area contributed by atoms with Crippen molar-refractivity contribution in [2.24, 2.45) is 0 Å². The first-order valence-corrected chi connectivity index (χ1v) is 7.97. The highest BCUT2D eigenvalue weighted by atomic mass is 32.1. The number of carbonyl (C=O) groups is 1. The maximum absolute atomic E-state index is 13.4. The number of aliphatic hydroxyl groups is 1. The summed E-state index contributed by atoms with van der Waals surface area (Å²) in [5, 5.41) is 17.3. The van der Waals surface area contributed by atoms with Gasteiger partial charge in [0.25, 0.3) is 0 Å². The second kappa shape index (κ2) is 6.52. The smallest absolute Gasteiger partial charge is 0.374 e. The number of anilines is 1. The van der Waals surface area contributed by atoms with Crippen molar-refractivity contribution in [1.29, 1.82) is 0 Å². The number of alkyl halides is 3. The molecule has 0 fully saturated rings. The van der Waals surface area contributed by atoms with E-state index in [0.717, 1.165) is 0 Å². The highest BCUT2D eigenvalue weighted by molar-refractivity contribution is 7.09. The normalized spacial score (nSPS) is 14.7. The number of nitrogens with one attached hydrogen (secondary N) is 1. The highest BCUT2D eigenvalue weighted by Crippen LogP contribution is 2.43. The van der Waals surface area contributed by atoms with Crippen LogP contribution in [0.5, 0.6) is 0 Å². The Morgan fingerprint density at radius 2 is 2.12 bits per heavy atom. The minimum atomic E-state index is -5.03. The largest absolute Gasteiger partial charge is 0.424 e. The quantitative estimate of drug-likeness (QED) is 0.857. The molecule has 132 valence electrons. The summed E-state index contributed by atoms with van der Waals surface area (Å²) in [6, 6.07) is 1.39. The second-order valence-corrected chi connectivity index (χ2v) is 6.49. The molecule has 2 rings (SSSR count). The van der Waals surface area contributed by atoms with Crippen LogP contribution in [-0.2, 0) is 10.4 Å². The van der Waals surface area contributed by atoms with Crippen LogP contribution in [0, 0.1) is 6.92 Å². The molecular weight excluding hydrogens is 345 g/mol. The first kappa shape index (κ1) is 18.4. The van der Waals surface area contributed by atoms with Gasteiger partial charge in [-0.3, -0.25) is 4.79 Å². The van der Waals surface area contributed by atoms with Gasteiger partial charge in [0.2, 0.25) is 11.5 Å². The zero-order chi connectivity index (χ0) is 18.1. The Bertz CT molecular complexity index is 726. The minimum absolute atomic E-state index is 0.0848. The van der Waals surface area contributed by atoms with Crippen molar-refractivity contribution >= 4 is 23.1 Å². The van der Waals surface area contributed by atoms with Crippen LogP contribution in [0.25, 0.3) is 0 Å². The molecule has 1 atom stereocenters. The van der Waals surface area contributed by atoms with E-state index >= 15 is 0 Å². The summed E-state index contributed by atoms with van der Waals surface area (Å²) >= 11 is 0.663. The average molecular weight is 362 g/mol. The molecule has 0 spiro atoms. The van der Waals surface area contributed by atoms with Gasteiger partial charge < -0.3 is 10.4 Å². The molecule has 10 heteroatoms. The Kier molecular flexibility index (Phi) is 5.00. The number of aryl methyl sites for hydroxylation is 1. The molecule has 0 radical (unpaired) electrons. The zero-order valence-corrected chi connectivity index (χ0v) is 14.1. The van der Waals surface area contributed by atoms with Crippen molar-refractivity contribution in [3.05, 3.63) is 28.3 Å². The fraction of sp³-hybridized carbons (Fsp3) is 0.500. The molecule has 24 heavy (non-hydrogen) atoms. The molecule has 2 aromatic heterocycles. The van der Waals surface area contributed by atoms with E-state index in [9.17, 15) is 23.1 Å². The van der Waals surface area contributed by atoms with Gasteiger partial charge in [0.15, 0.2) is 0 Å². The molecule has 2 N–H and O–H groups in total. The van der Waals surface area contributed by atoms with Crippen LogP contribution in [0.1, 0.15) is 37.0 Å². The van der Waals surface area contributed by atoms with Gasteiger partial charge >= 0.3 is 6.18 Å². The molecule has 0 aromatic carbocycles. The Morgan fingerprint density at radius 3 is 2.62 bits per heavy atom. The summed E-state index contributed by atoms with van der Waals surface area (Å²) in [4.78, 5) is 15.8. The lowest BCUT2D eigenvalue weighted by atomic mass is 9.99. The van der Waals surface area contributed by atoms with Gasteiger partial charge in [0.05, 0.1) is 12.6 Å². The predicted octanol–water partition coefficient (Wildman–Crippen LogP) is 3.01. The number of rotatable bonds is 5. The van der Waals surface area contributed by atoms with Crippen LogP contribution in [0.4, 0.5) is 19.0 Å². The lowest BCUT2D eigenvalue weighted by Gasteiger charge is -2.28. The molecule has 2 aromatic rings. The summed E-state index contributed by atoms with van der Waals surface area (Å²) in [6.07, 6.45) is -4.80. The molecule has 0 aliphatic rings. The van der Waals surface area contributed by atoms with Gasteiger partial charge in [-0.25, -0.2) is 9.67 Å². The molecule has 0 aliphatic carbocycles. The second-order valence-electron chi connectivity index (χ2n) is 5.63. The molecule has 2 heterocycles. The van der Waals surface area contributed by atoms with Crippen LogP contribution < -0.4 is 5.32 Å². The lowest BCUT2D eigenvalue weighted by Crippen LogP contribution is -2.45. The topological polar surface area (TPSA) is 80.0 Å². The standard InChI is InChI=1S/C14H17F3N4O2S/c1-8(2)21-10(4-5-18-21)20-11(22)6-13(23,14(15,16)17)12-19-9(3)7-24-12/h4-5,7-8,23H,6H2,1-3H3,(H,20,22). The van der Waals surface area contributed by atoms with Crippen molar-refractivity contribution in [3.8, 4) is 0 Å². The zero-order valence-electron chi connectivity index (χ0n) is 13.3. The highest BCUT2D eigenvalue weighted by Gasteiger charge is 2.58. The predicted molar refractivity (Wildman–Crippen MR) is 82.7 cm³/mol. The van der Waals surface area contributed by atoms with Crippen LogP contribution >= 0.6 is 11.3 Å². The van der Waals surface area contributed by atoms with Crippen molar-refractivity contribution in [2.75, 3.05) is 5.32 Å². The SMILES string of the molecule is Cc1csc(C(O)(CC(=O)Nc2ccnn2C(C)C)C(F)(F)F)n1. The maximum atomic E-state index is 13.4. The van der Waals surface area contributed by atoms with Crippen LogP contribution in [-0.4, -0.2) is 32.0 Å². The van der Waals surface area contributed by atoms with Crippen molar-refractivity contribution in [1.82, 2.24) is 14.8 Å². The molecular formula is C14H17F3N4O2S. The lowest BCUT2D eigenvalue weighted by molar-refractivity contribution is -0.266. The number of hydrogen-bond acceptors (Lipinski definition) is 5. The summed E-state index contributed by atoms with van der Waals surface area (Å²) in [7, 11) is 0. The van der Waals surface area contributed by atoms with E-state index in [1.54, 1.807) is 0 Å². The molecule has 0 bridgehead atoms. The number of carbonyl (C=O) groups excluding carboxylic acids is 1. The van der Waals surface area contributed by atoms with Gasteiger partial charge in [-0.1, -0.05) is 0 Å². The Hall–Kier alpha value is -1.94. The third-order valence-corrected chi connectivity index (χ3v) is 4.40. The number of thiazole rings is 1.